The van der Waals surface area contributed by atoms with Gasteiger partial charge in [-0.15, -0.1) is 11.8 Å². The van der Waals surface area contributed by atoms with Crippen LogP contribution in [0.5, 0.6) is 0 Å². The van der Waals surface area contributed by atoms with Gasteiger partial charge in [-0.25, -0.2) is 9.97 Å². The second kappa shape index (κ2) is 10.7. The zero-order chi connectivity index (χ0) is 20.5. The van der Waals surface area contributed by atoms with Crippen LogP contribution in [0.15, 0.2) is 41.6 Å². The van der Waals surface area contributed by atoms with Gasteiger partial charge in [-0.05, 0) is 49.9 Å². The predicted octanol–water partition coefficient (Wildman–Crippen LogP) is 1.92. The highest BCUT2D eigenvalue weighted by atomic mass is 32.2. The van der Waals surface area contributed by atoms with E-state index in [1.54, 1.807) is 24.6 Å². The predicted molar refractivity (Wildman–Crippen MR) is 114 cm³/mol. The van der Waals surface area contributed by atoms with Crippen molar-refractivity contribution in [1.29, 1.82) is 0 Å². The molecule has 2 amide bonds. The average molecular weight is 413 g/mol. The number of hydrogen-bond donors (Lipinski definition) is 2. The zero-order valence-electron chi connectivity index (χ0n) is 16.2. The van der Waals surface area contributed by atoms with Crippen LogP contribution in [0.4, 0.5) is 5.95 Å². The first kappa shape index (κ1) is 20.9. The highest BCUT2D eigenvalue weighted by Gasteiger charge is 2.21. The monoisotopic (exact) mass is 412 g/mol. The Hall–Kier alpha value is -2.78. The lowest BCUT2D eigenvalue weighted by molar-refractivity contribution is -0.121. The average Bonchev–Trinajstić information content (AvgIpc) is 2.73. The van der Waals surface area contributed by atoms with E-state index in [4.69, 9.17) is 0 Å². The quantitative estimate of drug-likeness (QED) is 0.501. The summed E-state index contributed by atoms with van der Waals surface area (Å²) in [5.41, 5.74) is 1.67. The van der Waals surface area contributed by atoms with Crippen LogP contribution in [-0.2, 0) is 16.1 Å². The number of carbonyl (C=O) groups is 2. The molecule has 3 rings (SSSR count). The summed E-state index contributed by atoms with van der Waals surface area (Å²) in [6.07, 6.45) is 9.40. The number of imide groups is 1. The van der Waals surface area contributed by atoms with Crippen LogP contribution in [0.25, 0.3) is 6.08 Å². The summed E-state index contributed by atoms with van der Waals surface area (Å²) in [5, 5.41) is 5.55. The van der Waals surface area contributed by atoms with E-state index in [9.17, 15) is 9.59 Å². The third-order valence-electron chi connectivity index (χ3n) is 4.54. The van der Waals surface area contributed by atoms with Crippen LogP contribution < -0.4 is 10.6 Å². The van der Waals surface area contributed by atoms with Crippen molar-refractivity contribution in [2.45, 2.75) is 25.4 Å². The molecule has 8 nitrogen and oxygen atoms in total. The third kappa shape index (κ3) is 6.37. The molecule has 2 aromatic rings. The minimum Gasteiger partial charge on any atom is -0.350 e. The number of anilines is 1. The van der Waals surface area contributed by atoms with Crippen molar-refractivity contribution in [2.75, 3.05) is 24.7 Å². The number of nitrogens with zero attached hydrogens (tertiary/aromatic N) is 4. The van der Waals surface area contributed by atoms with Gasteiger partial charge in [0.2, 0.25) is 12.4 Å². The smallest absolute Gasteiger partial charge is 0.264 e. The Kier molecular flexibility index (Phi) is 7.71. The van der Waals surface area contributed by atoms with Crippen LogP contribution in [-0.4, -0.2) is 57.6 Å². The van der Waals surface area contributed by atoms with E-state index in [-0.39, 0.29) is 6.04 Å². The Morgan fingerprint density at radius 3 is 2.97 bits per heavy atom. The number of rotatable bonds is 8. The topological polar surface area (TPSA) is 100 Å². The molecule has 0 aliphatic carbocycles. The second-order valence-corrected chi connectivity index (χ2v) is 7.50. The highest BCUT2D eigenvalue weighted by molar-refractivity contribution is 8.03. The Morgan fingerprint density at radius 2 is 2.21 bits per heavy atom. The summed E-state index contributed by atoms with van der Waals surface area (Å²) in [6, 6.07) is 7.94. The number of carbonyl (C=O) groups excluding carboxylic acids is 2. The van der Waals surface area contributed by atoms with Gasteiger partial charge >= 0.3 is 0 Å². The Morgan fingerprint density at radius 1 is 1.31 bits per heavy atom. The van der Waals surface area contributed by atoms with Crippen LogP contribution in [0, 0.1) is 0 Å². The molecular weight excluding hydrogens is 388 g/mol. The summed E-state index contributed by atoms with van der Waals surface area (Å²) < 4.78 is 0. The number of pyridine rings is 1. The molecule has 0 bridgehead atoms. The van der Waals surface area contributed by atoms with Gasteiger partial charge in [0.15, 0.2) is 0 Å². The van der Waals surface area contributed by atoms with Gasteiger partial charge in [-0.2, -0.15) is 0 Å². The summed E-state index contributed by atoms with van der Waals surface area (Å²) in [5.74, 6) is 0.0812. The molecule has 152 valence electrons. The molecule has 1 aliphatic rings. The number of nitrogens with one attached hydrogen (secondary N) is 2. The number of amides is 2. The van der Waals surface area contributed by atoms with Crippen molar-refractivity contribution in [1.82, 2.24) is 25.2 Å². The maximum atomic E-state index is 11.9. The molecular formula is C20H24N6O2S. The van der Waals surface area contributed by atoms with Gasteiger partial charge in [0.1, 0.15) is 0 Å². The number of likely N-dealkylation sites (tertiary alicyclic amines) is 1. The summed E-state index contributed by atoms with van der Waals surface area (Å²) in [6.45, 7) is 2.75. The van der Waals surface area contributed by atoms with Crippen molar-refractivity contribution in [3.05, 3.63) is 53.0 Å². The van der Waals surface area contributed by atoms with Crippen molar-refractivity contribution in [3.8, 4) is 0 Å². The van der Waals surface area contributed by atoms with E-state index < -0.39 is 5.91 Å². The zero-order valence-corrected chi connectivity index (χ0v) is 17.1. The lowest BCUT2D eigenvalue weighted by Crippen LogP contribution is -2.42. The number of hydrogen-bond acceptors (Lipinski definition) is 8. The van der Waals surface area contributed by atoms with Gasteiger partial charge in [-0.1, -0.05) is 6.07 Å². The molecule has 0 saturated carbocycles. The Balaban J connectivity index is 1.63. The maximum absolute atomic E-state index is 11.9. The Labute approximate surface area is 174 Å². The first-order valence-electron chi connectivity index (χ1n) is 9.40. The van der Waals surface area contributed by atoms with Crippen molar-refractivity contribution < 1.29 is 9.59 Å². The molecule has 0 spiro atoms. The van der Waals surface area contributed by atoms with Crippen LogP contribution in [0.3, 0.4) is 0 Å². The summed E-state index contributed by atoms with van der Waals surface area (Å²) in [7, 11) is 0. The van der Waals surface area contributed by atoms with Crippen LogP contribution in [0.2, 0.25) is 0 Å². The van der Waals surface area contributed by atoms with Gasteiger partial charge in [0, 0.05) is 31.5 Å². The molecule has 3 heterocycles. The minimum absolute atomic E-state index is 0.241. The van der Waals surface area contributed by atoms with Gasteiger partial charge in [0.05, 0.1) is 16.3 Å². The Bertz CT molecular complexity index is 861. The third-order valence-corrected chi connectivity index (χ3v) is 5.28. The molecule has 1 atom stereocenters. The van der Waals surface area contributed by atoms with Gasteiger partial charge < -0.3 is 5.32 Å². The molecule has 1 saturated heterocycles. The minimum atomic E-state index is -0.446. The normalized spacial score (nSPS) is 17.6. The molecule has 1 unspecified atom stereocenters. The van der Waals surface area contributed by atoms with E-state index in [0.29, 0.717) is 23.0 Å². The molecule has 2 N–H and O–H groups in total. The fraction of sp³-hybridized carbons (Fsp3) is 0.350. The van der Waals surface area contributed by atoms with E-state index in [0.717, 1.165) is 38.2 Å². The molecule has 29 heavy (non-hydrogen) atoms. The molecule has 0 aromatic carbocycles. The molecule has 2 aromatic heterocycles. The van der Waals surface area contributed by atoms with E-state index >= 15 is 0 Å². The van der Waals surface area contributed by atoms with Crippen LogP contribution in [0.1, 0.15) is 24.2 Å². The lowest BCUT2D eigenvalue weighted by atomic mass is 10.1. The molecule has 1 aliphatic heterocycles. The van der Waals surface area contributed by atoms with Gasteiger partial charge in [0.25, 0.3) is 5.91 Å². The SMILES string of the molecule is CSC(=Cc1ccnc(NC2CCCN(Cc3ccccn3)C2)n1)C(=O)NC=O. The molecule has 1 fully saturated rings. The highest BCUT2D eigenvalue weighted by Crippen LogP contribution is 2.18. The van der Waals surface area contributed by atoms with Crippen molar-refractivity contribution >= 4 is 36.1 Å². The largest absolute Gasteiger partial charge is 0.350 e. The van der Waals surface area contributed by atoms with Crippen LogP contribution >= 0.6 is 11.8 Å². The number of aromatic nitrogens is 3. The van der Waals surface area contributed by atoms with E-state index in [2.05, 4.69) is 30.5 Å². The maximum Gasteiger partial charge on any atom is 0.264 e. The molecule has 9 heteroatoms. The van der Waals surface area contributed by atoms with E-state index in [1.165, 1.54) is 11.8 Å². The fourth-order valence-electron chi connectivity index (χ4n) is 3.22. The van der Waals surface area contributed by atoms with Gasteiger partial charge in [-0.3, -0.25) is 24.8 Å². The number of piperidine rings is 1. The first-order valence-corrected chi connectivity index (χ1v) is 10.6. The first-order chi connectivity index (χ1) is 14.2. The van der Waals surface area contributed by atoms with Crippen molar-refractivity contribution in [3.63, 3.8) is 0 Å². The number of thioether (sulfide) groups is 1. The van der Waals surface area contributed by atoms with E-state index in [1.807, 2.05) is 24.4 Å². The standard InChI is InChI=1S/C20H24N6O2S/c1-29-18(19(28)23-14-27)11-15-7-9-22-20(24-15)25-17-6-4-10-26(13-17)12-16-5-2-3-8-21-16/h2-3,5,7-9,11,14,17H,4,6,10,12-13H2,1H3,(H,22,24,25)(H,23,27,28). The summed E-state index contributed by atoms with van der Waals surface area (Å²) in [4.78, 5) is 38.4. The molecule has 0 radical (unpaired) electrons. The summed E-state index contributed by atoms with van der Waals surface area (Å²) >= 11 is 1.25. The fourth-order valence-corrected chi connectivity index (χ4v) is 3.70. The van der Waals surface area contributed by atoms with Crippen molar-refractivity contribution in [2.24, 2.45) is 0 Å². The lowest BCUT2D eigenvalue weighted by Gasteiger charge is -2.32. The second-order valence-electron chi connectivity index (χ2n) is 6.65.